The molecule has 1 aliphatic heterocycles. The van der Waals surface area contributed by atoms with E-state index in [9.17, 15) is 0 Å². The molecule has 10 rings (SSSR count). The van der Waals surface area contributed by atoms with Gasteiger partial charge in [-0.1, -0.05) is 139 Å². The van der Waals surface area contributed by atoms with Crippen LogP contribution in [0.5, 0.6) is 11.5 Å². The number of rotatable bonds is 5. The normalized spacial score (nSPS) is 13.4. The fraction of sp³-hybridized carbons (Fsp3) is 0.192. The molecular formula is C52H46N4OPtSi-2. The molecule has 296 valence electrons. The Morgan fingerprint density at radius 1 is 0.644 bits per heavy atom. The Kier molecular flexibility index (Phi) is 9.26. The van der Waals surface area contributed by atoms with Crippen LogP contribution in [0, 0.1) is 18.5 Å². The number of benzene rings is 6. The molecule has 0 saturated heterocycles. The van der Waals surface area contributed by atoms with Crippen molar-refractivity contribution in [3.8, 4) is 39.8 Å². The van der Waals surface area contributed by atoms with Gasteiger partial charge in [-0.2, -0.15) is 17.7 Å². The third kappa shape index (κ3) is 6.40. The van der Waals surface area contributed by atoms with E-state index in [1.807, 2.05) is 12.3 Å². The summed E-state index contributed by atoms with van der Waals surface area (Å²) in [5, 5.41) is 5.17. The van der Waals surface area contributed by atoms with E-state index >= 15 is 0 Å². The van der Waals surface area contributed by atoms with Gasteiger partial charge in [0.05, 0.1) is 16.7 Å². The number of pyridine rings is 1. The summed E-state index contributed by atoms with van der Waals surface area (Å²) in [4.78, 5) is 4.87. The molecule has 0 saturated carbocycles. The van der Waals surface area contributed by atoms with Gasteiger partial charge in [-0.05, 0) is 73.2 Å². The van der Waals surface area contributed by atoms with Gasteiger partial charge in [-0.25, -0.2) is 4.98 Å². The minimum atomic E-state index is -2.01. The van der Waals surface area contributed by atoms with Gasteiger partial charge in [0.15, 0.2) is 0 Å². The Hall–Kier alpha value is -5.55. The predicted octanol–water partition coefficient (Wildman–Crippen LogP) is 11.0. The van der Waals surface area contributed by atoms with Crippen molar-refractivity contribution in [3.63, 3.8) is 0 Å². The van der Waals surface area contributed by atoms with Crippen molar-refractivity contribution < 1.29 is 30.4 Å². The van der Waals surface area contributed by atoms with Crippen LogP contribution in [-0.4, -0.2) is 22.2 Å². The van der Waals surface area contributed by atoms with Crippen LogP contribution >= 0.6 is 0 Å². The van der Waals surface area contributed by atoms with E-state index in [1.54, 1.807) is 0 Å². The van der Waals surface area contributed by atoms with Crippen molar-refractivity contribution in [1.29, 1.82) is 0 Å². The first-order valence-corrected chi connectivity index (χ1v) is 23.1. The van der Waals surface area contributed by atoms with E-state index in [-0.39, 0.29) is 31.9 Å². The van der Waals surface area contributed by atoms with Crippen LogP contribution in [0.3, 0.4) is 0 Å². The van der Waals surface area contributed by atoms with Crippen molar-refractivity contribution in [2.45, 2.75) is 65.5 Å². The zero-order valence-electron chi connectivity index (χ0n) is 34.7. The summed E-state index contributed by atoms with van der Waals surface area (Å²) < 4.78 is 13.4. The van der Waals surface area contributed by atoms with Crippen molar-refractivity contribution in [2.24, 2.45) is 0 Å². The quantitative estimate of drug-likeness (QED) is 0.0979. The molecule has 0 fully saturated rings. The molecule has 5 nitrogen and oxygen atoms in total. The summed E-state index contributed by atoms with van der Waals surface area (Å²) in [5.74, 6) is 2.09. The van der Waals surface area contributed by atoms with Gasteiger partial charge in [-0.3, -0.25) is 4.57 Å². The van der Waals surface area contributed by atoms with Crippen LogP contribution in [0.25, 0.3) is 61.2 Å². The summed E-state index contributed by atoms with van der Waals surface area (Å²) in [6.45, 7) is 18.3. The van der Waals surface area contributed by atoms with Crippen LogP contribution in [0.15, 0.2) is 134 Å². The Labute approximate surface area is 362 Å². The van der Waals surface area contributed by atoms with Crippen LogP contribution < -0.4 is 19.7 Å². The molecule has 0 unspecified atom stereocenters. The van der Waals surface area contributed by atoms with Gasteiger partial charge in [0.1, 0.15) is 13.9 Å². The molecule has 0 amide bonds. The molecule has 0 atom stereocenters. The molecule has 59 heavy (non-hydrogen) atoms. The Morgan fingerprint density at radius 2 is 1.36 bits per heavy atom. The van der Waals surface area contributed by atoms with Gasteiger partial charge in [0.25, 0.3) is 6.33 Å². The van der Waals surface area contributed by atoms with Gasteiger partial charge in [0.2, 0.25) is 0 Å². The van der Waals surface area contributed by atoms with Gasteiger partial charge < -0.3 is 13.9 Å². The third-order valence-corrected chi connectivity index (χ3v) is 15.5. The summed E-state index contributed by atoms with van der Waals surface area (Å²) in [6.07, 6.45) is 5.72. The number of aromatic nitrogens is 4. The number of fused-ring (bicyclic) bond motifs is 7. The smallest absolute Gasteiger partial charge is 0.268 e. The summed E-state index contributed by atoms with van der Waals surface area (Å²) in [7, 11) is -2.01. The van der Waals surface area contributed by atoms with E-state index in [1.165, 1.54) is 32.8 Å². The minimum Gasteiger partial charge on any atom is -0.510 e. The predicted molar refractivity (Wildman–Crippen MR) is 240 cm³/mol. The maximum absolute atomic E-state index is 6.80. The molecule has 0 spiro atoms. The van der Waals surface area contributed by atoms with E-state index in [0.717, 1.165) is 49.9 Å². The SMILES string of the molecule is CC(C)(C)c1cc(Oc2[c-]c3c(cc2)c2ccccc2n3-c2cc(C(C)(C)C)ccn2)[c-]c(-n2[c-][n+](-c3cccc4c3[Si](C)(C)c3ccccc3-4)c3ccccc32)c1.[Pt]. The number of hydrogen-bond donors (Lipinski definition) is 0. The average molecular weight is 966 g/mol. The second kappa shape index (κ2) is 14.0. The van der Waals surface area contributed by atoms with E-state index in [0.29, 0.717) is 11.5 Å². The van der Waals surface area contributed by atoms with Crippen LogP contribution in [0.4, 0.5) is 0 Å². The average Bonchev–Trinajstić information content (AvgIpc) is 3.83. The zero-order valence-corrected chi connectivity index (χ0v) is 38.0. The largest absolute Gasteiger partial charge is 0.510 e. The molecule has 3 aromatic heterocycles. The number of imidazole rings is 1. The first-order chi connectivity index (χ1) is 27.8. The van der Waals surface area contributed by atoms with Gasteiger partial charge in [0, 0.05) is 44.3 Å². The van der Waals surface area contributed by atoms with Crippen molar-refractivity contribution in [2.75, 3.05) is 0 Å². The number of nitrogens with zero attached hydrogens (tertiary/aromatic N) is 4. The van der Waals surface area contributed by atoms with Crippen LogP contribution in [0.1, 0.15) is 52.7 Å². The number of ether oxygens (including phenoxy) is 1. The topological polar surface area (TPSA) is 35.9 Å². The third-order valence-electron chi connectivity index (χ3n) is 11.9. The van der Waals surface area contributed by atoms with E-state index in [2.05, 4.69) is 208 Å². The van der Waals surface area contributed by atoms with Crippen molar-refractivity contribution >= 4 is 51.3 Å². The number of hydrogen-bond acceptors (Lipinski definition) is 2. The summed E-state index contributed by atoms with van der Waals surface area (Å²) in [6, 6.07) is 52.9. The summed E-state index contributed by atoms with van der Waals surface area (Å²) in [5.41, 5.74) is 11.1. The first kappa shape index (κ1) is 38.9. The fourth-order valence-corrected chi connectivity index (χ4v) is 12.3. The van der Waals surface area contributed by atoms with Crippen LogP contribution in [0.2, 0.25) is 13.1 Å². The standard InChI is InChI=1S/C52H46N4OSi.Pt/c1-51(2,3)34-26-27-53-49(30-34)56-43-19-11-9-16-39(43)40-25-24-37(32-47(40)56)57-38-29-35(52(4,5)6)28-36(31-38)54-33-55(45-21-13-12-20-44(45)54)46-22-15-18-42-41-17-10-14-23-48(41)58(7,8)50(42)46;/h9-30H,1-8H3;/q-2;. The molecule has 0 aliphatic carbocycles. The Morgan fingerprint density at radius 3 is 2.15 bits per heavy atom. The maximum Gasteiger partial charge on any atom is 0.268 e. The zero-order chi connectivity index (χ0) is 40.1. The fourth-order valence-electron chi connectivity index (χ4n) is 8.86. The van der Waals surface area contributed by atoms with Gasteiger partial charge in [-0.15, -0.1) is 29.7 Å². The van der Waals surface area contributed by atoms with Crippen molar-refractivity contribution in [1.82, 2.24) is 14.1 Å². The maximum atomic E-state index is 6.80. The molecule has 0 N–H and O–H groups in total. The molecule has 1 aliphatic rings. The molecular weight excluding hydrogens is 920 g/mol. The van der Waals surface area contributed by atoms with Gasteiger partial charge >= 0.3 is 0 Å². The monoisotopic (exact) mass is 965 g/mol. The van der Waals surface area contributed by atoms with E-state index in [4.69, 9.17) is 9.72 Å². The molecule has 9 aromatic rings. The van der Waals surface area contributed by atoms with Crippen molar-refractivity contribution in [3.05, 3.63) is 163 Å². The van der Waals surface area contributed by atoms with Crippen LogP contribution in [-0.2, 0) is 31.9 Å². The number of para-hydroxylation sites is 3. The molecule has 0 bridgehead atoms. The second-order valence-corrected chi connectivity index (χ2v) is 22.5. The molecule has 0 radical (unpaired) electrons. The second-order valence-electron chi connectivity index (χ2n) is 18.2. The minimum absolute atomic E-state index is 0. The molecule has 4 heterocycles. The molecule has 6 aromatic carbocycles. The van der Waals surface area contributed by atoms with E-state index < -0.39 is 8.07 Å². The summed E-state index contributed by atoms with van der Waals surface area (Å²) >= 11 is 0. The first-order valence-electron chi connectivity index (χ1n) is 20.1. The Bertz CT molecular complexity index is 3110. The molecule has 7 heteroatoms. The Balaban J connectivity index is 0.00000449.